The number of hydrogen-bond donors (Lipinski definition) is 1. The van der Waals surface area contributed by atoms with Crippen molar-refractivity contribution in [2.24, 2.45) is 0 Å². The summed E-state index contributed by atoms with van der Waals surface area (Å²) in [5.74, 6) is 0. The van der Waals surface area contributed by atoms with Crippen LogP contribution in [-0.2, 0) is 0 Å². The van der Waals surface area contributed by atoms with Gasteiger partial charge in [-0.25, -0.2) is 0 Å². The van der Waals surface area contributed by atoms with E-state index >= 15 is 0 Å². The number of rotatable bonds is 2. The fourth-order valence-electron chi connectivity index (χ4n) is 0.827. The van der Waals surface area contributed by atoms with Crippen molar-refractivity contribution in [2.45, 2.75) is 13.8 Å². The molecule has 0 spiro atoms. The molecule has 1 aromatic rings. The van der Waals surface area contributed by atoms with Crippen LogP contribution in [-0.4, -0.2) is 6.54 Å². The predicted molar refractivity (Wildman–Crippen MR) is 45.3 cm³/mol. The van der Waals surface area contributed by atoms with E-state index in [4.69, 9.17) is 1.37 Å². The second-order valence-electron chi connectivity index (χ2n) is 2.23. The zero-order chi connectivity index (χ0) is 8.10. The molecule has 1 heteroatoms. The maximum atomic E-state index is 7.10. The molecule has 0 fully saturated rings. The lowest BCUT2D eigenvalue weighted by atomic mass is 10.2. The highest BCUT2D eigenvalue weighted by Gasteiger charge is 1.86. The molecule has 0 saturated carbocycles. The van der Waals surface area contributed by atoms with E-state index in [9.17, 15) is 0 Å². The average Bonchev–Trinajstić information content (AvgIpc) is 2.07. The number of aryl methyl sites for hydroxylation is 1. The van der Waals surface area contributed by atoms with Gasteiger partial charge in [0.05, 0.1) is 0 Å². The monoisotopic (exact) mass is 136 g/mol. The summed E-state index contributed by atoms with van der Waals surface area (Å²) in [6.45, 7) is 3.38. The molecule has 1 aromatic carbocycles. The highest BCUT2D eigenvalue weighted by Crippen LogP contribution is 2.07. The first-order valence-corrected chi connectivity index (χ1v) is 3.49. The van der Waals surface area contributed by atoms with Crippen molar-refractivity contribution in [1.82, 2.24) is 0 Å². The average molecular weight is 136 g/mol. The molecule has 0 amide bonds. The van der Waals surface area contributed by atoms with Gasteiger partial charge in [0, 0.05) is 13.6 Å². The van der Waals surface area contributed by atoms with Gasteiger partial charge in [0.25, 0.3) is 0 Å². The molecule has 0 atom stereocenters. The first-order chi connectivity index (χ1) is 5.36. The van der Waals surface area contributed by atoms with Crippen LogP contribution < -0.4 is 5.32 Å². The maximum Gasteiger partial charge on any atom is 0.0340 e. The molecular weight excluding hydrogens is 122 g/mol. The molecule has 54 valence electrons. The number of hydrogen-bond acceptors (Lipinski definition) is 1. The summed E-state index contributed by atoms with van der Waals surface area (Å²) in [7, 11) is 0. The van der Waals surface area contributed by atoms with Crippen molar-refractivity contribution in [3.05, 3.63) is 29.8 Å². The van der Waals surface area contributed by atoms with Crippen LogP contribution in [0.5, 0.6) is 0 Å². The number of nitrogens with one attached hydrogen (secondary N) is 1. The molecule has 1 nitrogen and oxygen atoms in total. The first-order valence-electron chi connectivity index (χ1n) is 4.19. The Bertz CT molecular complexity index is 205. The van der Waals surface area contributed by atoms with Crippen molar-refractivity contribution >= 4 is 5.69 Å². The Labute approximate surface area is 63.5 Å². The molecule has 0 aromatic heterocycles. The summed E-state index contributed by atoms with van der Waals surface area (Å²) in [6, 6.07) is 7.97. The predicted octanol–water partition coefficient (Wildman–Crippen LogP) is 2.43. The number of benzene rings is 1. The second kappa shape index (κ2) is 3.25. The Kier molecular flexibility index (Phi) is 1.88. The summed E-state index contributed by atoms with van der Waals surface area (Å²) < 4.78 is 7.10. The van der Waals surface area contributed by atoms with Gasteiger partial charge in [0.1, 0.15) is 0 Å². The van der Waals surface area contributed by atoms with E-state index in [0.717, 1.165) is 17.8 Å². The highest BCUT2D eigenvalue weighted by molar-refractivity contribution is 5.43. The fraction of sp³-hybridized carbons (Fsp3) is 0.333. The molecule has 0 unspecified atom stereocenters. The van der Waals surface area contributed by atoms with Crippen molar-refractivity contribution in [1.29, 1.82) is 0 Å². The van der Waals surface area contributed by atoms with E-state index in [1.54, 1.807) is 0 Å². The molecule has 0 heterocycles. The lowest BCUT2D eigenvalue weighted by Crippen LogP contribution is -1.95. The van der Waals surface area contributed by atoms with Crippen LogP contribution in [0, 0.1) is 6.90 Å². The van der Waals surface area contributed by atoms with Gasteiger partial charge >= 0.3 is 0 Å². The number of anilines is 1. The minimum Gasteiger partial charge on any atom is -0.385 e. The minimum absolute atomic E-state index is 0.367. The summed E-state index contributed by atoms with van der Waals surface area (Å²) in [5, 5.41) is 3.20. The first kappa shape index (κ1) is 5.78. The fourth-order valence-corrected chi connectivity index (χ4v) is 0.827. The third-order valence-corrected chi connectivity index (χ3v) is 1.33. The van der Waals surface area contributed by atoms with E-state index in [1.807, 2.05) is 24.3 Å². The van der Waals surface area contributed by atoms with Crippen molar-refractivity contribution < 1.29 is 1.37 Å². The van der Waals surface area contributed by atoms with Crippen LogP contribution >= 0.6 is 0 Å². The van der Waals surface area contributed by atoms with Gasteiger partial charge in [-0.05, 0) is 26.0 Å². The van der Waals surface area contributed by atoms with Gasteiger partial charge in [-0.1, -0.05) is 17.7 Å². The zero-order valence-electron chi connectivity index (χ0n) is 7.22. The second-order valence-corrected chi connectivity index (χ2v) is 2.23. The molecule has 10 heavy (non-hydrogen) atoms. The summed E-state index contributed by atoms with van der Waals surface area (Å²) in [6.07, 6.45) is 0. The van der Waals surface area contributed by atoms with Crippen LogP contribution in [0.4, 0.5) is 5.69 Å². The van der Waals surface area contributed by atoms with Crippen LogP contribution in [0.3, 0.4) is 0 Å². The third-order valence-electron chi connectivity index (χ3n) is 1.33. The molecule has 0 bridgehead atoms. The molecule has 0 radical (unpaired) electrons. The SMILES string of the molecule is [2H]Cc1ccc(NCC)cc1. The van der Waals surface area contributed by atoms with Crippen molar-refractivity contribution in [2.75, 3.05) is 11.9 Å². The van der Waals surface area contributed by atoms with Gasteiger partial charge in [0.15, 0.2) is 0 Å². The molecule has 1 N–H and O–H groups in total. The lowest BCUT2D eigenvalue weighted by molar-refractivity contribution is 1.21. The van der Waals surface area contributed by atoms with E-state index in [0.29, 0.717) is 6.90 Å². The molecule has 0 saturated heterocycles. The molecule has 0 aliphatic carbocycles. The van der Waals surface area contributed by atoms with E-state index in [1.165, 1.54) is 0 Å². The van der Waals surface area contributed by atoms with Gasteiger partial charge in [0.2, 0.25) is 0 Å². The Morgan fingerprint density at radius 3 is 2.60 bits per heavy atom. The minimum atomic E-state index is 0.367. The summed E-state index contributed by atoms with van der Waals surface area (Å²) in [5.41, 5.74) is 2.19. The normalized spacial score (nSPS) is 10.7. The topological polar surface area (TPSA) is 12.0 Å². The molecule has 0 aliphatic rings. The van der Waals surface area contributed by atoms with Crippen LogP contribution in [0.25, 0.3) is 0 Å². The Hall–Kier alpha value is -0.980. The Morgan fingerprint density at radius 1 is 1.40 bits per heavy atom. The molecule has 1 rings (SSSR count). The largest absolute Gasteiger partial charge is 0.385 e. The smallest absolute Gasteiger partial charge is 0.0340 e. The van der Waals surface area contributed by atoms with E-state index in [-0.39, 0.29) is 0 Å². The molecular formula is C9H13N. The molecule has 0 aliphatic heterocycles. The van der Waals surface area contributed by atoms with E-state index < -0.39 is 0 Å². The zero-order valence-corrected chi connectivity index (χ0v) is 6.22. The highest BCUT2D eigenvalue weighted by atomic mass is 14.8. The summed E-state index contributed by atoms with van der Waals surface area (Å²) in [4.78, 5) is 0. The quantitative estimate of drug-likeness (QED) is 0.658. The van der Waals surface area contributed by atoms with E-state index in [2.05, 4.69) is 12.2 Å². The van der Waals surface area contributed by atoms with Gasteiger partial charge in [-0.15, -0.1) is 0 Å². The standard InChI is InChI=1S/C9H13N/c1-3-10-9-6-4-8(2)5-7-9/h4-7,10H,3H2,1-2H3/i2D. The maximum absolute atomic E-state index is 7.10. The van der Waals surface area contributed by atoms with Crippen LogP contribution in [0.15, 0.2) is 24.3 Å². The van der Waals surface area contributed by atoms with Crippen molar-refractivity contribution in [3.8, 4) is 0 Å². The van der Waals surface area contributed by atoms with Crippen LogP contribution in [0.1, 0.15) is 13.9 Å². The Morgan fingerprint density at radius 2 is 2.10 bits per heavy atom. The Balaban J connectivity index is 2.66. The summed E-state index contributed by atoms with van der Waals surface area (Å²) >= 11 is 0. The van der Waals surface area contributed by atoms with Crippen molar-refractivity contribution in [3.63, 3.8) is 0 Å². The third kappa shape index (κ3) is 1.76. The lowest BCUT2D eigenvalue weighted by Gasteiger charge is -2.01. The van der Waals surface area contributed by atoms with Gasteiger partial charge in [-0.3, -0.25) is 0 Å². The van der Waals surface area contributed by atoms with Crippen LogP contribution in [0.2, 0.25) is 0 Å². The van der Waals surface area contributed by atoms with Gasteiger partial charge < -0.3 is 5.32 Å². The van der Waals surface area contributed by atoms with Gasteiger partial charge in [-0.2, -0.15) is 0 Å².